The molecule has 0 saturated carbocycles. The first-order valence-electron chi connectivity index (χ1n) is 11.1. The highest BCUT2D eigenvalue weighted by Crippen LogP contribution is 2.29. The second kappa shape index (κ2) is 8.51. The maximum atomic E-state index is 11.8. The second-order valence-corrected chi connectivity index (χ2v) is 8.24. The molecule has 1 saturated heterocycles. The molecule has 0 unspecified atom stereocenters. The number of fused-ring (bicyclic) bond motifs is 1. The lowest BCUT2D eigenvalue weighted by Gasteiger charge is -2.36. The van der Waals surface area contributed by atoms with Crippen molar-refractivity contribution in [3.63, 3.8) is 0 Å². The van der Waals surface area contributed by atoms with Gasteiger partial charge in [-0.15, -0.1) is 0 Å². The van der Waals surface area contributed by atoms with Crippen LogP contribution in [0.15, 0.2) is 65.8 Å². The van der Waals surface area contributed by atoms with Crippen molar-refractivity contribution in [2.75, 3.05) is 42.9 Å². The first-order chi connectivity index (χ1) is 15.6. The minimum Gasteiger partial charge on any atom is -0.369 e. The third-order valence-corrected chi connectivity index (χ3v) is 6.26. The number of nitrogens with zero attached hydrogens (tertiary/aromatic N) is 4. The van der Waals surface area contributed by atoms with Gasteiger partial charge in [-0.2, -0.15) is 0 Å². The molecule has 0 amide bonds. The normalized spacial score (nSPS) is 14.8. The molecule has 0 atom stereocenters. The zero-order valence-electron chi connectivity index (χ0n) is 18.5. The van der Waals surface area contributed by atoms with E-state index in [1.807, 2.05) is 28.8 Å². The van der Waals surface area contributed by atoms with E-state index >= 15 is 0 Å². The van der Waals surface area contributed by atoms with Crippen LogP contribution in [-0.4, -0.2) is 52.0 Å². The van der Waals surface area contributed by atoms with E-state index in [-0.39, 0.29) is 5.56 Å². The third kappa shape index (κ3) is 3.87. The average Bonchev–Trinajstić information content (AvgIpc) is 3.30. The van der Waals surface area contributed by atoms with E-state index in [1.54, 1.807) is 18.5 Å². The fourth-order valence-electron chi connectivity index (χ4n) is 4.50. The van der Waals surface area contributed by atoms with Crippen LogP contribution in [0.25, 0.3) is 16.9 Å². The van der Waals surface area contributed by atoms with Gasteiger partial charge in [0.1, 0.15) is 0 Å². The fraction of sp³-hybridized carbons (Fsp3) is 0.280. The summed E-state index contributed by atoms with van der Waals surface area (Å²) in [5.41, 5.74) is 7.00. The molecular formula is C25H28N6O. The number of rotatable bonds is 5. The predicted molar refractivity (Wildman–Crippen MR) is 130 cm³/mol. The summed E-state index contributed by atoms with van der Waals surface area (Å²) in [4.78, 5) is 23.9. The lowest BCUT2D eigenvalue weighted by molar-refractivity contribution is 0.271. The molecule has 0 spiro atoms. The van der Waals surface area contributed by atoms with Crippen LogP contribution >= 0.6 is 0 Å². The lowest BCUT2D eigenvalue weighted by Crippen LogP contribution is -2.46. The Kier molecular flexibility index (Phi) is 5.41. The van der Waals surface area contributed by atoms with Crippen molar-refractivity contribution < 1.29 is 0 Å². The van der Waals surface area contributed by atoms with Gasteiger partial charge in [0.25, 0.3) is 0 Å². The van der Waals surface area contributed by atoms with Crippen LogP contribution in [0.5, 0.6) is 0 Å². The highest BCUT2D eigenvalue weighted by atomic mass is 16.1. The molecule has 164 valence electrons. The van der Waals surface area contributed by atoms with Crippen LogP contribution in [0.4, 0.5) is 17.1 Å². The van der Waals surface area contributed by atoms with Crippen LogP contribution in [-0.2, 0) is 0 Å². The molecule has 7 heteroatoms. The number of hydrogen-bond donors (Lipinski definition) is 2. The molecule has 1 aliphatic heterocycles. The monoisotopic (exact) mass is 428 g/mol. The molecular weight excluding hydrogens is 400 g/mol. The van der Waals surface area contributed by atoms with Crippen molar-refractivity contribution >= 4 is 22.7 Å². The van der Waals surface area contributed by atoms with E-state index in [9.17, 15) is 4.79 Å². The smallest absolute Gasteiger partial charge is 0.248 e. The highest BCUT2D eigenvalue weighted by molar-refractivity contribution is 5.78. The van der Waals surface area contributed by atoms with E-state index in [2.05, 4.69) is 57.1 Å². The summed E-state index contributed by atoms with van der Waals surface area (Å²) in [5, 5.41) is 3.53. The molecule has 32 heavy (non-hydrogen) atoms. The van der Waals surface area contributed by atoms with Crippen molar-refractivity contribution in [1.82, 2.24) is 19.3 Å². The average molecular weight is 429 g/mol. The second-order valence-electron chi connectivity index (χ2n) is 8.24. The number of anilines is 3. The van der Waals surface area contributed by atoms with Crippen LogP contribution in [0.1, 0.15) is 12.5 Å². The van der Waals surface area contributed by atoms with Crippen molar-refractivity contribution in [3.05, 3.63) is 77.0 Å². The highest BCUT2D eigenvalue weighted by Gasteiger charge is 2.17. The Labute approximate surface area is 187 Å². The van der Waals surface area contributed by atoms with E-state index in [0.717, 1.165) is 61.0 Å². The lowest BCUT2D eigenvalue weighted by atomic mass is 10.1. The summed E-state index contributed by atoms with van der Waals surface area (Å²) >= 11 is 0. The Morgan fingerprint density at radius 3 is 2.66 bits per heavy atom. The quantitative estimate of drug-likeness (QED) is 0.505. The summed E-state index contributed by atoms with van der Waals surface area (Å²) in [7, 11) is 0. The van der Waals surface area contributed by atoms with Crippen LogP contribution in [0.3, 0.4) is 0 Å². The topological polar surface area (TPSA) is 68.7 Å². The molecule has 2 N–H and O–H groups in total. The largest absolute Gasteiger partial charge is 0.369 e. The van der Waals surface area contributed by atoms with E-state index in [4.69, 9.17) is 0 Å². The predicted octanol–water partition coefficient (Wildman–Crippen LogP) is 3.88. The van der Waals surface area contributed by atoms with Crippen molar-refractivity contribution in [2.45, 2.75) is 13.8 Å². The number of piperazine rings is 1. The molecule has 1 aliphatic rings. The summed E-state index contributed by atoms with van der Waals surface area (Å²) in [6.45, 7) is 9.90. The van der Waals surface area contributed by atoms with Gasteiger partial charge in [0, 0.05) is 67.8 Å². The van der Waals surface area contributed by atoms with Crippen molar-refractivity contribution in [2.24, 2.45) is 0 Å². The number of benzene rings is 1. The van der Waals surface area contributed by atoms with Gasteiger partial charge in [-0.1, -0.05) is 6.92 Å². The zero-order chi connectivity index (χ0) is 22.1. The molecule has 7 nitrogen and oxygen atoms in total. The first kappa shape index (κ1) is 20.3. The summed E-state index contributed by atoms with van der Waals surface area (Å²) in [6.07, 6.45) is 5.36. The Bertz CT molecular complexity index is 1300. The van der Waals surface area contributed by atoms with Gasteiger partial charge in [-0.25, -0.2) is 4.98 Å². The zero-order valence-corrected chi connectivity index (χ0v) is 18.5. The maximum absolute atomic E-state index is 11.8. The SMILES string of the molecule is CCN1CCN(c2ccc(Nc3ccc(-c4cc[nH]c(=O)c4)n4ccnc34)cc2C)CC1. The molecule has 1 fully saturated rings. The third-order valence-electron chi connectivity index (χ3n) is 6.26. The Morgan fingerprint density at radius 1 is 1.06 bits per heavy atom. The van der Waals surface area contributed by atoms with E-state index < -0.39 is 0 Å². The maximum Gasteiger partial charge on any atom is 0.248 e. The number of nitrogens with one attached hydrogen (secondary N) is 2. The van der Waals surface area contributed by atoms with Gasteiger partial charge in [0.15, 0.2) is 5.65 Å². The van der Waals surface area contributed by atoms with Gasteiger partial charge in [0.2, 0.25) is 5.56 Å². The summed E-state index contributed by atoms with van der Waals surface area (Å²) in [5.74, 6) is 0. The Morgan fingerprint density at radius 2 is 1.91 bits per heavy atom. The first-order valence-corrected chi connectivity index (χ1v) is 11.1. The number of imidazole rings is 1. The number of pyridine rings is 2. The standard InChI is InChI=1S/C25H28N6O/c1-3-29-12-14-30(15-13-29)22-6-4-20(16-18(22)2)28-21-5-7-23(31-11-10-27-25(21)31)19-8-9-26-24(32)17-19/h4-11,16-17,28H,3,12-15H2,1-2H3,(H,26,32). The Hall–Kier alpha value is -3.58. The van der Waals surface area contributed by atoms with E-state index in [1.165, 1.54) is 11.3 Å². The van der Waals surface area contributed by atoms with E-state index in [0.29, 0.717) is 0 Å². The molecule has 0 bridgehead atoms. The number of H-pyrrole nitrogens is 1. The number of hydrogen-bond acceptors (Lipinski definition) is 5. The number of aromatic amines is 1. The molecule has 1 aromatic carbocycles. The molecule has 4 heterocycles. The van der Waals surface area contributed by atoms with Crippen LogP contribution in [0, 0.1) is 6.92 Å². The number of aryl methyl sites for hydroxylation is 1. The molecule has 3 aromatic heterocycles. The van der Waals surface area contributed by atoms with Gasteiger partial charge in [0.05, 0.1) is 11.4 Å². The Balaban J connectivity index is 1.40. The van der Waals surface area contributed by atoms with Gasteiger partial charge in [-0.3, -0.25) is 9.20 Å². The van der Waals surface area contributed by atoms with Crippen molar-refractivity contribution in [3.8, 4) is 11.3 Å². The molecule has 0 aliphatic carbocycles. The van der Waals surface area contributed by atoms with Crippen molar-refractivity contribution in [1.29, 1.82) is 0 Å². The van der Waals surface area contributed by atoms with Crippen LogP contribution in [0.2, 0.25) is 0 Å². The summed E-state index contributed by atoms with van der Waals surface area (Å²) in [6, 6.07) is 14.1. The summed E-state index contributed by atoms with van der Waals surface area (Å²) < 4.78 is 2.01. The molecule has 4 aromatic rings. The number of likely N-dealkylation sites (N-methyl/N-ethyl adjacent to an activating group) is 1. The minimum atomic E-state index is -0.121. The van der Waals surface area contributed by atoms with Gasteiger partial charge < -0.3 is 20.1 Å². The molecule has 5 rings (SSSR count). The fourth-order valence-corrected chi connectivity index (χ4v) is 4.50. The molecule has 0 radical (unpaired) electrons. The minimum absolute atomic E-state index is 0.121. The van der Waals surface area contributed by atoms with Crippen LogP contribution < -0.4 is 15.8 Å². The van der Waals surface area contributed by atoms with Gasteiger partial charge in [-0.05, 0) is 55.4 Å². The number of aromatic nitrogens is 3. The van der Waals surface area contributed by atoms with Gasteiger partial charge >= 0.3 is 0 Å².